The van der Waals surface area contributed by atoms with E-state index in [1.807, 2.05) is 49.4 Å². The monoisotopic (exact) mass is 310 g/mol. The molecule has 3 nitrogen and oxygen atoms in total. The molecule has 23 heavy (non-hydrogen) atoms. The Kier molecular flexibility index (Phi) is 5.43. The SMILES string of the molecule is CC(Nc1ccc(C(C)(C)C)cc1)C(=O)NCc1ccccc1. The number of rotatable bonds is 5. The zero-order chi connectivity index (χ0) is 16.9. The molecule has 0 bridgehead atoms. The van der Waals surface area contributed by atoms with E-state index in [-0.39, 0.29) is 17.4 Å². The summed E-state index contributed by atoms with van der Waals surface area (Å²) in [6.07, 6.45) is 0. The largest absolute Gasteiger partial charge is 0.374 e. The fourth-order valence-electron chi connectivity index (χ4n) is 2.32. The molecule has 122 valence electrons. The highest BCUT2D eigenvalue weighted by Gasteiger charge is 2.15. The summed E-state index contributed by atoms with van der Waals surface area (Å²) in [6.45, 7) is 8.99. The second-order valence-electron chi connectivity index (χ2n) is 6.90. The highest BCUT2D eigenvalue weighted by molar-refractivity contribution is 5.84. The molecule has 3 heteroatoms. The van der Waals surface area contributed by atoms with Gasteiger partial charge in [0.15, 0.2) is 0 Å². The first-order valence-electron chi connectivity index (χ1n) is 8.05. The minimum absolute atomic E-state index is 0.00579. The quantitative estimate of drug-likeness (QED) is 0.873. The summed E-state index contributed by atoms with van der Waals surface area (Å²) < 4.78 is 0. The normalized spacial score (nSPS) is 12.5. The molecule has 1 amide bonds. The Balaban J connectivity index is 1.88. The molecule has 2 aromatic rings. The molecule has 0 radical (unpaired) electrons. The van der Waals surface area contributed by atoms with Gasteiger partial charge in [0, 0.05) is 12.2 Å². The van der Waals surface area contributed by atoms with Crippen LogP contribution in [0.5, 0.6) is 0 Å². The van der Waals surface area contributed by atoms with E-state index < -0.39 is 0 Å². The lowest BCUT2D eigenvalue weighted by atomic mass is 9.87. The molecule has 0 aliphatic heterocycles. The van der Waals surface area contributed by atoms with Crippen molar-refractivity contribution in [3.63, 3.8) is 0 Å². The summed E-state index contributed by atoms with van der Waals surface area (Å²) >= 11 is 0. The van der Waals surface area contributed by atoms with Crippen LogP contribution in [-0.2, 0) is 16.8 Å². The molecule has 0 aromatic heterocycles. The average molecular weight is 310 g/mol. The summed E-state index contributed by atoms with van der Waals surface area (Å²) in [5.74, 6) is -0.00579. The molecule has 0 fully saturated rings. The number of anilines is 1. The predicted molar refractivity (Wildman–Crippen MR) is 96.5 cm³/mol. The number of carbonyl (C=O) groups is 1. The Labute approximate surface area is 139 Å². The molecule has 0 saturated carbocycles. The molecular formula is C20H26N2O. The van der Waals surface area contributed by atoms with Crippen LogP contribution in [0.25, 0.3) is 0 Å². The minimum atomic E-state index is -0.279. The molecule has 1 unspecified atom stereocenters. The third kappa shape index (κ3) is 5.13. The van der Waals surface area contributed by atoms with E-state index in [9.17, 15) is 4.79 Å². The maximum absolute atomic E-state index is 12.2. The lowest BCUT2D eigenvalue weighted by molar-refractivity contribution is -0.121. The summed E-state index contributed by atoms with van der Waals surface area (Å²) in [7, 11) is 0. The first-order valence-corrected chi connectivity index (χ1v) is 8.05. The number of amides is 1. The fraction of sp³-hybridized carbons (Fsp3) is 0.350. The van der Waals surface area contributed by atoms with Gasteiger partial charge >= 0.3 is 0 Å². The zero-order valence-corrected chi connectivity index (χ0v) is 14.4. The van der Waals surface area contributed by atoms with Gasteiger partial charge in [0.2, 0.25) is 5.91 Å². The van der Waals surface area contributed by atoms with Crippen LogP contribution < -0.4 is 10.6 Å². The van der Waals surface area contributed by atoms with Crippen LogP contribution in [0.1, 0.15) is 38.8 Å². The number of hydrogen-bond donors (Lipinski definition) is 2. The Morgan fingerprint density at radius 3 is 2.17 bits per heavy atom. The number of benzene rings is 2. The summed E-state index contributed by atoms with van der Waals surface area (Å²) in [5, 5.41) is 6.20. The Bertz CT molecular complexity index is 627. The van der Waals surface area contributed by atoms with Crippen molar-refractivity contribution in [2.75, 3.05) is 5.32 Å². The first-order chi connectivity index (χ1) is 10.9. The minimum Gasteiger partial charge on any atom is -0.374 e. The van der Waals surface area contributed by atoms with Crippen molar-refractivity contribution in [1.29, 1.82) is 0 Å². The molecule has 0 heterocycles. The van der Waals surface area contributed by atoms with Gasteiger partial charge in [-0.25, -0.2) is 0 Å². The fourth-order valence-corrected chi connectivity index (χ4v) is 2.32. The molecule has 2 rings (SSSR count). The summed E-state index contributed by atoms with van der Waals surface area (Å²) in [5.41, 5.74) is 3.48. The molecule has 0 spiro atoms. The van der Waals surface area contributed by atoms with Crippen LogP contribution in [0.2, 0.25) is 0 Å². The summed E-state index contributed by atoms with van der Waals surface area (Å²) in [4.78, 5) is 12.2. The van der Waals surface area contributed by atoms with E-state index in [2.05, 4.69) is 43.5 Å². The van der Waals surface area contributed by atoms with Gasteiger partial charge in [0.1, 0.15) is 6.04 Å². The van der Waals surface area contributed by atoms with E-state index in [4.69, 9.17) is 0 Å². The van der Waals surface area contributed by atoms with E-state index in [1.165, 1.54) is 5.56 Å². The smallest absolute Gasteiger partial charge is 0.242 e. The number of nitrogens with one attached hydrogen (secondary N) is 2. The van der Waals surface area contributed by atoms with Crippen LogP contribution in [0.3, 0.4) is 0 Å². The Morgan fingerprint density at radius 1 is 1.00 bits per heavy atom. The van der Waals surface area contributed by atoms with Crippen molar-refractivity contribution >= 4 is 11.6 Å². The van der Waals surface area contributed by atoms with Gasteiger partial charge in [-0.05, 0) is 35.6 Å². The van der Waals surface area contributed by atoms with Gasteiger partial charge in [-0.1, -0.05) is 63.2 Å². The van der Waals surface area contributed by atoms with Crippen molar-refractivity contribution in [1.82, 2.24) is 5.32 Å². The van der Waals surface area contributed by atoms with Gasteiger partial charge in [-0.3, -0.25) is 4.79 Å². The number of hydrogen-bond acceptors (Lipinski definition) is 2. The van der Waals surface area contributed by atoms with Crippen LogP contribution in [-0.4, -0.2) is 11.9 Å². The highest BCUT2D eigenvalue weighted by Crippen LogP contribution is 2.23. The van der Waals surface area contributed by atoms with E-state index in [1.54, 1.807) is 0 Å². The molecule has 0 aliphatic rings. The van der Waals surface area contributed by atoms with E-state index in [0.29, 0.717) is 6.54 Å². The standard InChI is InChI=1S/C20H26N2O/c1-15(19(23)21-14-16-8-6-5-7-9-16)22-18-12-10-17(11-13-18)20(2,3)4/h5-13,15,22H,14H2,1-4H3,(H,21,23). The van der Waals surface area contributed by atoms with Gasteiger partial charge in [-0.15, -0.1) is 0 Å². The molecule has 2 aromatic carbocycles. The van der Waals surface area contributed by atoms with Crippen LogP contribution in [0, 0.1) is 0 Å². The van der Waals surface area contributed by atoms with Gasteiger partial charge in [0.05, 0.1) is 0 Å². The second kappa shape index (κ2) is 7.32. The topological polar surface area (TPSA) is 41.1 Å². The van der Waals surface area contributed by atoms with Crippen LogP contribution >= 0.6 is 0 Å². The van der Waals surface area contributed by atoms with Crippen molar-refractivity contribution in [2.45, 2.75) is 45.7 Å². The summed E-state index contributed by atoms with van der Waals surface area (Å²) in [6, 6.07) is 17.9. The van der Waals surface area contributed by atoms with Gasteiger partial charge in [-0.2, -0.15) is 0 Å². The van der Waals surface area contributed by atoms with Crippen LogP contribution in [0.4, 0.5) is 5.69 Å². The highest BCUT2D eigenvalue weighted by atomic mass is 16.2. The average Bonchev–Trinajstić information content (AvgIpc) is 2.53. The van der Waals surface area contributed by atoms with Gasteiger partial charge < -0.3 is 10.6 Å². The maximum atomic E-state index is 12.2. The molecule has 0 aliphatic carbocycles. The van der Waals surface area contributed by atoms with Gasteiger partial charge in [0.25, 0.3) is 0 Å². The van der Waals surface area contributed by atoms with Crippen molar-refractivity contribution in [3.05, 3.63) is 65.7 Å². The Morgan fingerprint density at radius 2 is 1.61 bits per heavy atom. The third-order valence-electron chi connectivity index (χ3n) is 3.84. The lowest BCUT2D eigenvalue weighted by Crippen LogP contribution is -2.37. The molecule has 0 saturated heterocycles. The van der Waals surface area contributed by atoms with E-state index >= 15 is 0 Å². The van der Waals surface area contributed by atoms with Crippen molar-refractivity contribution in [3.8, 4) is 0 Å². The van der Waals surface area contributed by atoms with Crippen molar-refractivity contribution in [2.24, 2.45) is 0 Å². The first kappa shape index (κ1) is 17.1. The third-order valence-corrected chi connectivity index (χ3v) is 3.84. The Hall–Kier alpha value is -2.29. The zero-order valence-electron chi connectivity index (χ0n) is 14.4. The lowest BCUT2D eigenvalue weighted by Gasteiger charge is -2.20. The number of carbonyl (C=O) groups excluding carboxylic acids is 1. The molecule has 2 N–H and O–H groups in total. The van der Waals surface area contributed by atoms with Crippen LogP contribution in [0.15, 0.2) is 54.6 Å². The predicted octanol–water partition coefficient (Wildman–Crippen LogP) is 4.10. The molecule has 1 atom stereocenters. The second-order valence-corrected chi connectivity index (χ2v) is 6.90. The molecular weight excluding hydrogens is 284 g/mol. The van der Waals surface area contributed by atoms with E-state index in [0.717, 1.165) is 11.3 Å². The van der Waals surface area contributed by atoms with Crippen molar-refractivity contribution < 1.29 is 4.79 Å². The maximum Gasteiger partial charge on any atom is 0.242 e.